The number of ether oxygens (including phenoxy) is 2. The van der Waals surface area contributed by atoms with Crippen molar-refractivity contribution >= 4 is 17.5 Å². The third-order valence-electron chi connectivity index (χ3n) is 4.54. The number of methoxy groups -OCH3 is 1. The normalized spacial score (nSPS) is 22.4. The molecule has 2 aliphatic rings. The van der Waals surface area contributed by atoms with Crippen LogP contribution in [0, 0.1) is 0 Å². The van der Waals surface area contributed by atoms with E-state index in [-0.39, 0.29) is 11.9 Å². The second-order valence-electron chi connectivity index (χ2n) is 6.14. The van der Waals surface area contributed by atoms with Gasteiger partial charge in [0.15, 0.2) is 0 Å². The van der Waals surface area contributed by atoms with E-state index >= 15 is 0 Å². The van der Waals surface area contributed by atoms with E-state index < -0.39 is 0 Å². The molecule has 2 saturated heterocycles. The molecule has 0 saturated carbocycles. The zero-order valence-corrected chi connectivity index (χ0v) is 14.7. The molecular weight excluding hydrogens is 330 g/mol. The van der Waals surface area contributed by atoms with Crippen LogP contribution < -0.4 is 10.1 Å². The minimum Gasteiger partial charge on any atom is -0.496 e. The number of piperazine rings is 1. The summed E-state index contributed by atoms with van der Waals surface area (Å²) >= 11 is 6.10. The van der Waals surface area contributed by atoms with E-state index in [1.807, 2.05) is 23.1 Å². The SMILES string of the molecule is COc1ccc(Cl)cc1CN1CCN(C(=O)C2COCCN2)CC1. The first-order valence-electron chi connectivity index (χ1n) is 8.32. The van der Waals surface area contributed by atoms with Gasteiger partial charge in [-0.2, -0.15) is 0 Å². The maximum atomic E-state index is 12.5. The lowest BCUT2D eigenvalue weighted by Gasteiger charge is -2.37. The Labute approximate surface area is 147 Å². The van der Waals surface area contributed by atoms with Crippen molar-refractivity contribution in [3.05, 3.63) is 28.8 Å². The number of benzene rings is 1. The maximum absolute atomic E-state index is 12.5. The van der Waals surface area contributed by atoms with Crippen LogP contribution in [-0.4, -0.2) is 74.8 Å². The van der Waals surface area contributed by atoms with E-state index in [1.165, 1.54) is 0 Å². The van der Waals surface area contributed by atoms with Crippen LogP contribution >= 0.6 is 11.6 Å². The van der Waals surface area contributed by atoms with E-state index in [4.69, 9.17) is 21.1 Å². The van der Waals surface area contributed by atoms with Crippen molar-refractivity contribution in [2.45, 2.75) is 12.6 Å². The molecule has 1 N–H and O–H groups in total. The van der Waals surface area contributed by atoms with Gasteiger partial charge in [-0.05, 0) is 18.2 Å². The molecule has 1 atom stereocenters. The van der Waals surface area contributed by atoms with Gasteiger partial charge in [0, 0.05) is 49.9 Å². The predicted molar refractivity (Wildman–Crippen MR) is 92.5 cm³/mol. The van der Waals surface area contributed by atoms with E-state index in [2.05, 4.69) is 10.2 Å². The molecule has 1 amide bonds. The molecule has 0 aliphatic carbocycles. The van der Waals surface area contributed by atoms with E-state index in [0.717, 1.165) is 50.6 Å². The zero-order valence-electron chi connectivity index (χ0n) is 14.0. The molecule has 24 heavy (non-hydrogen) atoms. The fourth-order valence-electron chi connectivity index (χ4n) is 3.18. The third-order valence-corrected chi connectivity index (χ3v) is 4.78. The standard InChI is InChI=1S/C17H24ClN3O3/c1-23-16-3-2-14(18)10-13(16)11-20-5-7-21(8-6-20)17(22)15-12-24-9-4-19-15/h2-3,10,15,19H,4-9,11-12H2,1H3. The van der Waals surface area contributed by atoms with Crippen LogP contribution in [0.1, 0.15) is 5.56 Å². The molecule has 2 heterocycles. The van der Waals surface area contributed by atoms with E-state index in [0.29, 0.717) is 18.2 Å². The van der Waals surface area contributed by atoms with Crippen molar-refractivity contribution in [3.63, 3.8) is 0 Å². The van der Waals surface area contributed by atoms with Crippen LogP contribution in [0.25, 0.3) is 0 Å². The summed E-state index contributed by atoms with van der Waals surface area (Å²) in [6, 6.07) is 5.48. The van der Waals surface area contributed by atoms with Gasteiger partial charge in [-0.15, -0.1) is 0 Å². The lowest BCUT2D eigenvalue weighted by Crippen LogP contribution is -2.57. The number of carbonyl (C=O) groups excluding carboxylic acids is 1. The number of carbonyl (C=O) groups is 1. The van der Waals surface area contributed by atoms with Crippen molar-refractivity contribution in [1.29, 1.82) is 0 Å². The minimum absolute atomic E-state index is 0.148. The minimum atomic E-state index is -0.196. The summed E-state index contributed by atoms with van der Waals surface area (Å²) < 4.78 is 10.8. The Bertz CT molecular complexity index is 570. The Kier molecular flexibility index (Phi) is 5.94. The molecule has 2 aliphatic heterocycles. The molecule has 1 unspecified atom stereocenters. The van der Waals surface area contributed by atoms with Gasteiger partial charge in [0.05, 0.1) is 20.3 Å². The topological polar surface area (TPSA) is 54.0 Å². The number of hydrogen-bond acceptors (Lipinski definition) is 5. The fraction of sp³-hybridized carbons (Fsp3) is 0.588. The predicted octanol–water partition coefficient (Wildman–Crippen LogP) is 0.981. The van der Waals surface area contributed by atoms with Crippen molar-refractivity contribution in [3.8, 4) is 5.75 Å². The van der Waals surface area contributed by atoms with Crippen LogP contribution in [0.15, 0.2) is 18.2 Å². The Morgan fingerprint density at radius 2 is 2.17 bits per heavy atom. The monoisotopic (exact) mass is 353 g/mol. The average Bonchev–Trinajstić information content (AvgIpc) is 2.63. The highest BCUT2D eigenvalue weighted by Crippen LogP contribution is 2.24. The van der Waals surface area contributed by atoms with E-state index in [9.17, 15) is 4.79 Å². The molecule has 1 aromatic rings. The summed E-state index contributed by atoms with van der Waals surface area (Å²) in [4.78, 5) is 16.7. The van der Waals surface area contributed by atoms with Crippen molar-refractivity contribution < 1.29 is 14.3 Å². The Morgan fingerprint density at radius 1 is 1.38 bits per heavy atom. The summed E-state index contributed by atoms with van der Waals surface area (Å²) in [6.07, 6.45) is 0. The molecule has 0 aromatic heterocycles. The van der Waals surface area contributed by atoms with Crippen molar-refractivity contribution in [2.75, 3.05) is 53.0 Å². The molecule has 0 bridgehead atoms. The van der Waals surface area contributed by atoms with Crippen LogP contribution in [-0.2, 0) is 16.1 Å². The Morgan fingerprint density at radius 3 is 2.83 bits per heavy atom. The van der Waals surface area contributed by atoms with Crippen LogP contribution in [0.2, 0.25) is 5.02 Å². The first-order valence-corrected chi connectivity index (χ1v) is 8.70. The van der Waals surface area contributed by atoms with Gasteiger partial charge >= 0.3 is 0 Å². The molecule has 7 heteroatoms. The van der Waals surface area contributed by atoms with Crippen LogP contribution in [0.3, 0.4) is 0 Å². The number of hydrogen-bond donors (Lipinski definition) is 1. The van der Waals surface area contributed by atoms with Crippen molar-refractivity contribution in [2.24, 2.45) is 0 Å². The number of amides is 1. The molecule has 1 aromatic carbocycles. The Balaban J connectivity index is 1.53. The number of halogens is 1. The van der Waals surface area contributed by atoms with Gasteiger partial charge in [-0.25, -0.2) is 0 Å². The van der Waals surface area contributed by atoms with Gasteiger partial charge in [0.25, 0.3) is 0 Å². The van der Waals surface area contributed by atoms with E-state index in [1.54, 1.807) is 7.11 Å². The summed E-state index contributed by atoms with van der Waals surface area (Å²) in [5.41, 5.74) is 1.08. The number of nitrogens with zero attached hydrogens (tertiary/aromatic N) is 2. The number of morpholine rings is 1. The van der Waals surface area contributed by atoms with Crippen LogP contribution in [0.5, 0.6) is 5.75 Å². The second-order valence-corrected chi connectivity index (χ2v) is 6.58. The lowest BCUT2D eigenvalue weighted by atomic mass is 10.1. The summed E-state index contributed by atoms with van der Waals surface area (Å²) in [5, 5.41) is 3.94. The molecule has 2 fully saturated rings. The quantitative estimate of drug-likeness (QED) is 0.874. The Hall–Kier alpha value is -1.34. The summed E-state index contributed by atoms with van der Waals surface area (Å²) in [6.45, 7) is 5.82. The highest BCUT2D eigenvalue weighted by Gasteiger charge is 2.28. The highest BCUT2D eigenvalue weighted by molar-refractivity contribution is 6.30. The highest BCUT2D eigenvalue weighted by atomic mass is 35.5. The first kappa shape index (κ1) is 17.5. The summed E-state index contributed by atoms with van der Waals surface area (Å²) in [7, 11) is 1.67. The molecular formula is C17H24ClN3O3. The fourth-order valence-corrected chi connectivity index (χ4v) is 3.38. The zero-order chi connectivity index (χ0) is 16.9. The van der Waals surface area contributed by atoms with Gasteiger partial charge < -0.3 is 19.7 Å². The van der Waals surface area contributed by atoms with Crippen LogP contribution in [0.4, 0.5) is 0 Å². The van der Waals surface area contributed by atoms with Gasteiger partial charge in [-0.1, -0.05) is 11.6 Å². The second kappa shape index (κ2) is 8.16. The lowest BCUT2D eigenvalue weighted by molar-refractivity contribution is -0.138. The smallest absolute Gasteiger partial charge is 0.242 e. The molecule has 3 rings (SSSR count). The number of nitrogens with one attached hydrogen (secondary N) is 1. The molecule has 132 valence electrons. The van der Waals surface area contributed by atoms with Gasteiger partial charge in [-0.3, -0.25) is 9.69 Å². The van der Waals surface area contributed by atoms with Gasteiger partial charge in [0.2, 0.25) is 5.91 Å². The average molecular weight is 354 g/mol. The maximum Gasteiger partial charge on any atom is 0.242 e. The molecule has 0 spiro atoms. The summed E-state index contributed by atoms with van der Waals surface area (Å²) in [5.74, 6) is 0.996. The molecule has 0 radical (unpaired) electrons. The largest absolute Gasteiger partial charge is 0.496 e. The van der Waals surface area contributed by atoms with Gasteiger partial charge in [0.1, 0.15) is 11.8 Å². The first-order chi connectivity index (χ1) is 11.7. The molecule has 6 nitrogen and oxygen atoms in total. The van der Waals surface area contributed by atoms with Crippen molar-refractivity contribution in [1.82, 2.24) is 15.1 Å². The number of rotatable bonds is 4. The third kappa shape index (κ3) is 4.19.